The molecule has 0 amide bonds. The first-order chi connectivity index (χ1) is 6.15. The topological polar surface area (TPSA) is 41.6 Å². The Morgan fingerprint density at radius 1 is 1.54 bits per heavy atom. The third kappa shape index (κ3) is 2.18. The van der Waals surface area contributed by atoms with Crippen LogP contribution in [0.4, 0.5) is 10.1 Å². The van der Waals surface area contributed by atoms with Crippen LogP contribution in [0.15, 0.2) is 29.3 Å². The van der Waals surface area contributed by atoms with Gasteiger partial charge in [0.2, 0.25) is 0 Å². The Kier molecular flexibility index (Phi) is 2.84. The second-order valence-electron chi connectivity index (χ2n) is 2.62. The number of nitrogens with two attached hydrogens (primary N) is 1. The van der Waals surface area contributed by atoms with Gasteiger partial charge in [-0.3, -0.25) is 4.99 Å². The van der Waals surface area contributed by atoms with Crippen molar-refractivity contribution in [3.8, 4) is 0 Å². The van der Waals surface area contributed by atoms with E-state index in [-0.39, 0.29) is 5.82 Å². The molecule has 0 heterocycles. The van der Waals surface area contributed by atoms with Crippen LogP contribution in [0.5, 0.6) is 0 Å². The number of benzene rings is 1. The second-order valence-corrected chi connectivity index (χ2v) is 2.62. The van der Waals surface area contributed by atoms with E-state index < -0.39 is 0 Å². The molecule has 0 spiro atoms. The average molecular weight is 181 g/mol. The molecule has 0 aromatic heterocycles. The molecule has 1 aromatic rings. The molecular weight excluding hydrogens is 169 g/mol. The van der Waals surface area contributed by atoms with Gasteiger partial charge in [-0.25, -0.2) is 4.39 Å². The molecule has 3 nitrogen and oxygen atoms in total. The van der Waals surface area contributed by atoms with E-state index >= 15 is 0 Å². The molecule has 0 saturated carbocycles. The van der Waals surface area contributed by atoms with Crippen LogP contribution >= 0.6 is 0 Å². The highest BCUT2D eigenvalue weighted by Crippen LogP contribution is 2.12. The van der Waals surface area contributed by atoms with Crippen LogP contribution in [0.3, 0.4) is 0 Å². The van der Waals surface area contributed by atoms with Crippen molar-refractivity contribution < 1.29 is 4.39 Å². The largest absolute Gasteiger partial charge is 0.370 e. The number of aliphatic imine (C=N–C) groups is 1. The van der Waals surface area contributed by atoms with Crippen LogP contribution in [-0.2, 0) is 0 Å². The van der Waals surface area contributed by atoms with Gasteiger partial charge >= 0.3 is 0 Å². The summed E-state index contributed by atoms with van der Waals surface area (Å²) in [6, 6.07) is 6.18. The predicted octanol–water partition coefficient (Wildman–Crippen LogP) is 1.21. The maximum atomic E-state index is 12.8. The van der Waals surface area contributed by atoms with Crippen molar-refractivity contribution in [1.82, 2.24) is 0 Å². The zero-order chi connectivity index (χ0) is 9.84. The zero-order valence-corrected chi connectivity index (χ0v) is 7.66. The lowest BCUT2D eigenvalue weighted by molar-refractivity contribution is 0.628. The van der Waals surface area contributed by atoms with Gasteiger partial charge in [0.05, 0.1) is 0 Å². The molecule has 0 saturated heterocycles. The van der Waals surface area contributed by atoms with Gasteiger partial charge in [0.15, 0.2) is 5.96 Å². The summed E-state index contributed by atoms with van der Waals surface area (Å²) in [7, 11) is 3.32. The van der Waals surface area contributed by atoms with E-state index in [4.69, 9.17) is 5.73 Å². The summed E-state index contributed by atoms with van der Waals surface area (Å²) in [6.45, 7) is 0. The minimum Gasteiger partial charge on any atom is -0.370 e. The van der Waals surface area contributed by atoms with Crippen molar-refractivity contribution in [1.29, 1.82) is 0 Å². The maximum absolute atomic E-state index is 12.8. The molecule has 0 radical (unpaired) electrons. The van der Waals surface area contributed by atoms with Gasteiger partial charge < -0.3 is 10.6 Å². The molecule has 4 heteroatoms. The Hall–Kier alpha value is -1.58. The number of hydrogen-bond donors (Lipinski definition) is 1. The highest BCUT2D eigenvalue weighted by atomic mass is 19.1. The highest BCUT2D eigenvalue weighted by molar-refractivity contribution is 5.94. The Balaban J connectivity index is 2.95. The maximum Gasteiger partial charge on any atom is 0.195 e. The van der Waals surface area contributed by atoms with Crippen LogP contribution < -0.4 is 10.6 Å². The second kappa shape index (κ2) is 3.89. The first-order valence-corrected chi connectivity index (χ1v) is 3.86. The first kappa shape index (κ1) is 9.51. The van der Waals surface area contributed by atoms with Gasteiger partial charge in [-0.2, -0.15) is 0 Å². The smallest absolute Gasteiger partial charge is 0.195 e. The molecule has 0 aliphatic carbocycles. The van der Waals surface area contributed by atoms with E-state index in [2.05, 4.69) is 4.99 Å². The highest BCUT2D eigenvalue weighted by Gasteiger charge is 2.03. The predicted molar refractivity (Wildman–Crippen MR) is 52.3 cm³/mol. The Bertz CT molecular complexity index is 322. The lowest BCUT2D eigenvalue weighted by Crippen LogP contribution is -2.33. The molecule has 0 aliphatic rings. The van der Waals surface area contributed by atoms with Gasteiger partial charge in [0.25, 0.3) is 0 Å². The normalized spacial score (nSPS) is 11.5. The first-order valence-electron chi connectivity index (χ1n) is 3.86. The van der Waals surface area contributed by atoms with Crippen LogP contribution in [0, 0.1) is 5.82 Å². The van der Waals surface area contributed by atoms with Crippen LogP contribution in [0.1, 0.15) is 0 Å². The molecule has 70 valence electrons. The molecule has 0 atom stereocenters. The molecular formula is C9H12FN3. The summed E-state index contributed by atoms with van der Waals surface area (Å²) in [4.78, 5) is 5.41. The fourth-order valence-corrected chi connectivity index (χ4v) is 0.967. The average Bonchev–Trinajstić information content (AvgIpc) is 2.15. The minimum absolute atomic E-state index is 0.284. The molecule has 0 aliphatic heterocycles. The van der Waals surface area contributed by atoms with Crippen LogP contribution in [0.2, 0.25) is 0 Å². The molecule has 1 aromatic carbocycles. The van der Waals surface area contributed by atoms with Gasteiger partial charge in [0.1, 0.15) is 5.82 Å². The summed E-state index contributed by atoms with van der Waals surface area (Å²) in [6.07, 6.45) is 0. The summed E-state index contributed by atoms with van der Waals surface area (Å²) < 4.78 is 12.8. The fourth-order valence-electron chi connectivity index (χ4n) is 0.967. The third-order valence-electron chi connectivity index (χ3n) is 1.77. The van der Waals surface area contributed by atoms with E-state index in [9.17, 15) is 4.39 Å². The molecule has 0 fully saturated rings. The van der Waals surface area contributed by atoms with Gasteiger partial charge in [-0.15, -0.1) is 0 Å². The van der Waals surface area contributed by atoms with Gasteiger partial charge in [-0.05, 0) is 18.2 Å². The molecule has 13 heavy (non-hydrogen) atoms. The number of halogens is 1. The summed E-state index contributed by atoms with van der Waals surface area (Å²) in [5.41, 5.74) is 6.24. The monoisotopic (exact) mass is 181 g/mol. The lowest BCUT2D eigenvalue weighted by Gasteiger charge is -2.17. The van der Waals surface area contributed by atoms with Crippen molar-refractivity contribution in [2.45, 2.75) is 0 Å². The van der Waals surface area contributed by atoms with E-state index in [0.29, 0.717) is 11.6 Å². The van der Waals surface area contributed by atoms with E-state index in [0.717, 1.165) is 0 Å². The zero-order valence-electron chi connectivity index (χ0n) is 7.66. The summed E-state index contributed by atoms with van der Waals surface area (Å²) >= 11 is 0. The van der Waals surface area contributed by atoms with Gasteiger partial charge in [0, 0.05) is 19.8 Å². The Morgan fingerprint density at radius 2 is 2.23 bits per heavy atom. The van der Waals surface area contributed by atoms with Crippen molar-refractivity contribution in [3.63, 3.8) is 0 Å². The van der Waals surface area contributed by atoms with Crippen LogP contribution in [0.25, 0.3) is 0 Å². The molecule has 1 rings (SSSR count). The van der Waals surface area contributed by atoms with Crippen molar-refractivity contribution >= 4 is 11.6 Å². The van der Waals surface area contributed by atoms with E-state index in [1.807, 2.05) is 0 Å². The van der Waals surface area contributed by atoms with Gasteiger partial charge in [-0.1, -0.05) is 6.07 Å². The number of nitrogens with zero attached hydrogens (tertiary/aromatic N) is 2. The van der Waals surface area contributed by atoms with Crippen molar-refractivity contribution in [3.05, 3.63) is 30.1 Å². The van der Waals surface area contributed by atoms with Crippen molar-refractivity contribution in [2.75, 3.05) is 19.0 Å². The standard InChI is InChI=1S/C9H12FN3/c1-12-9(11)13(2)8-5-3-4-7(10)6-8/h3-6H,1-2H3,(H2,11,12). The number of rotatable bonds is 1. The SMILES string of the molecule is CN=C(N)N(C)c1cccc(F)c1. The number of guanidine groups is 1. The molecule has 0 bridgehead atoms. The molecule has 0 unspecified atom stereocenters. The number of hydrogen-bond acceptors (Lipinski definition) is 1. The lowest BCUT2D eigenvalue weighted by atomic mass is 10.3. The fraction of sp³-hybridized carbons (Fsp3) is 0.222. The third-order valence-corrected chi connectivity index (χ3v) is 1.77. The Morgan fingerprint density at radius 3 is 2.77 bits per heavy atom. The quantitative estimate of drug-likeness (QED) is 0.522. The molecule has 2 N–H and O–H groups in total. The van der Waals surface area contributed by atoms with E-state index in [1.165, 1.54) is 12.1 Å². The summed E-state index contributed by atoms with van der Waals surface area (Å²) in [5.74, 6) is 0.0684. The Labute approximate surface area is 76.7 Å². The number of anilines is 1. The minimum atomic E-state index is -0.284. The van der Waals surface area contributed by atoms with Crippen molar-refractivity contribution in [2.24, 2.45) is 10.7 Å². The summed E-state index contributed by atoms with van der Waals surface area (Å²) in [5, 5.41) is 0. The van der Waals surface area contributed by atoms with E-state index in [1.54, 1.807) is 31.1 Å². The van der Waals surface area contributed by atoms with Crippen LogP contribution in [-0.4, -0.2) is 20.1 Å².